The second-order valence-electron chi connectivity index (χ2n) is 6.08. The lowest BCUT2D eigenvalue weighted by atomic mass is 10.1. The van der Waals surface area contributed by atoms with Gasteiger partial charge in [0.1, 0.15) is 5.75 Å². The standard InChI is InChI=1S/C16H21NO2/c1-10(2)9-11-14(16(11,3)4)15(19)17-12-7-5-6-8-13(12)18/h5-9,11,14,18H,1-4H3,(H,17,19). The number of carbonyl (C=O) groups is 1. The molecule has 2 rings (SSSR count). The molecule has 1 aromatic rings. The van der Waals surface area contributed by atoms with Crippen molar-refractivity contribution in [3.05, 3.63) is 35.9 Å². The fraction of sp³-hybridized carbons (Fsp3) is 0.438. The van der Waals surface area contributed by atoms with Crippen LogP contribution in [0.5, 0.6) is 5.75 Å². The molecule has 0 heterocycles. The Hall–Kier alpha value is -1.77. The van der Waals surface area contributed by atoms with Gasteiger partial charge in [-0.1, -0.05) is 37.6 Å². The monoisotopic (exact) mass is 259 g/mol. The summed E-state index contributed by atoms with van der Waals surface area (Å²) in [4.78, 5) is 12.3. The number of carbonyl (C=O) groups excluding carboxylic acids is 1. The van der Waals surface area contributed by atoms with Gasteiger partial charge in [0, 0.05) is 0 Å². The highest BCUT2D eigenvalue weighted by Crippen LogP contribution is 2.59. The van der Waals surface area contributed by atoms with Crippen LogP contribution in [0.25, 0.3) is 0 Å². The van der Waals surface area contributed by atoms with Crippen LogP contribution in [0.1, 0.15) is 27.7 Å². The van der Waals surface area contributed by atoms with Gasteiger partial charge in [0.05, 0.1) is 11.6 Å². The molecule has 2 N–H and O–H groups in total. The molecule has 3 heteroatoms. The van der Waals surface area contributed by atoms with Crippen LogP contribution in [0.2, 0.25) is 0 Å². The quantitative estimate of drug-likeness (QED) is 0.644. The zero-order valence-corrected chi connectivity index (χ0v) is 11.9. The molecular weight excluding hydrogens is 238 g/mol. The summed E-state index contributed by atoms with van der Waals surface area (Å²) in [6, 6.07) is 6.80. The SMILES string of the molecule is CC(C)=CC1C(C(=O)Nc2ccccc2O)C1(C)C. The second-order valence-corrected chi connectivity index (χ2v) is 6.08. The third kappa shape index (κ3) is 2.65. The third-order valence-electron chi connectivity index (χ3n) is 3.87. The Balaban J connectivity index is 2.10. The van der Waals surface area contributed by atoms with Crippen LogP contribution in [0.4, 0.5) is 5.69 Å². The molecule has 1 aromatic carbocycles. The number of nitrogens with one attached hydrogen (secondary N) is 1. The highest BCUT2D eigenvalue weighted by molar-refractivity contribution is 5.96. The Kier molecular flexibility index (Phi) is 3.40. The molecule has 0 bridgehead atoms. The Morgan fingerprint density at radius 1 is 1.32 bits per heavy atom. The predicted octanol–water partition coefficient (Wildman–Crippen LogP) is 3.57. The average molecular weight is 259 g/mol. The minimum atomic E-state index is -0.0259. The molecule has 0 spiro atoms. The maximum absolute atomic E-state index is 12.3. The van der Waals surface area contributed by atoms with E-state index in [4.69, 9.17) is 0 Å². The minimum absolute atomic E-state index is 0.00818. The van der Waals surface area contributed by atoms with Gasteiger partial charge in [0.15, 0.2) is 0 Å². The van der Waals surface area contributed by atoms with Gasteiger partial charge in [0.2, 0.25) is 5.91 Å². The van der Waals surface area contributed by atoms with E-state index >= 15 is 0 Å². The maximum atomic E-state index is 12.3. The predicted molar refractivity (Wildman–Crippen MR) is 76.9 cm³/mol. The van der Waals surface area contributed by atoms with Gasteiger partial charge < -0.3 is 10.4 Å². The minimum Gasteiger partial charge on any atom is -0.506 e. The van der Waals surface area contributed by atoms with Gasteiger partial charge in [0.25, 0.3) is 0 Å². The molecule has 102 valence electrons. The molecule has 1 fully saturated rings. The Bertz CT molecular complexity index is 527. The van der Waals surface area contributed by atoms with Crippen molar-refractivity contribution in [2.75, 3.05) is 5.32 Å². The first-order chi connectivity index (χ1) is 8.84. The normalized spacial score (nSPS) is 23.6. The van der Waals surface area contributed by atoms with Gasteiger partial charge in [-0.3, -0.25) is 4.79 Å². The summed E-state index contributed by atoms with van der Waals surface area (Å²) in [5, 5.41) is 12.5. The molecule has 0 aromatic heterocycles. The number of hydrogen-bond acceptors (Lipinski definition) is 2. The first-order valence-electron chi connectivity index (χ1n) is 6.58. The molecular formula is C16H21NO2. The summed E-state index contributed by atoms with van der Waals surface area (Å²) in [6.45, 7) is 8.30. The second kappa shape index (κ2) is 4.72. The van der Waals surface area contributed by atoms with E-state index in [1.54, 1.807) is 24.3 Å². The fourth-order valence-electron chi connectivity index (χ4n) is 2.64. The number of allylic oxidation sites excluding steroid dienone is 2. The van der Waals surface area contributed by atoms with Crippen molar-refractivity contribution in [3.63, 3.8) is 0 Å². The molecule has 0 saturated heterocycles. The van der Waals surface area contributed by atoms with Gasteiger partial charge in [-0.05, 0) is 37.3 Å². The first kappa shape index (κ1) is 13.7. The van der Waals surface area contributed by atoms with E-state index < -0.39 is 0 Å². The molecule has 1 saturated carbocycles. The average Bonchev–Trinajstić information content (AvgIpc) is 2.82. The zero-order valence-electron chi connectivity index (χ0n) is 11.9. The van der Waals surface area contributed by atoms with Gasteiger partial charge >= 0.3 is 0 Å². The number of anilines is 1. The summed E-state index contributed by atoms with van der Waals surface area (Å²) < 4.78 is 0. The molecule has 19 heavy (non-hydrogen) atoms. The van der Waals surface area contributed by atoms with Gasteiger partial charge in [-0.15, -0.1) is 0 Å². The molecule has 0 radical (unpaired) electrons. The smallest absolute Gasteiger partial charge is 0.228 e. The van der Waals surface area contributed by atoms with E-state index in [-0.39, 0.29) is 28.9 Å². The summed E-state index contributed by atoms with van der Waals surface area (Å²) in [6.07, 6.45) is 2.16. The van der Waals surface area contributed by atoms with E-state index in [9.17, 15) is 9.90 Å². The van der Waals surface area contributed by atoms with Crippen molar-refractivity contribution in [3.8, 4) is 5.75 Å². The third-order valence-corrected chi connectivity index (χ3v) is 3.87. The largest absolute Gasteiger partial charge is 0.506 e. The van der Waals surface area contributed by atoms with Crippen molar-refractivity contribution < 1.29 is 9.90 Å². The van der Waals surface area contributed by atoms with Crippen molar-refractivity contribution in [1.82, 2.24) is 0 Å². The number of hydrogen-bond donors (Lipinski definition) is 2. The fourth-order valence-corrected chi connectivity index (χ4v) is 2.64. The van der Waals surface area contributed by atoms with Crippen LogP contribution >= 0.6 is 0 Å². The Morgan fingerprint density at radius 2 is 1.95 bits per heavy atom. The summed E-state index contributed by atoms with van der Waals surface area (Å²) >= 11 is 0. The molecule has 1 aliphatic rings. The highest BCUT2D eigenvalue weighted by atomic mass is 16.3. The van der Waals surface area contributed by atoms with E-state index in [0.717, 1.165) is 0 Å². The van der Waals surface area contributed by atoms with Crippen LogP contribution in [-0.2, 0) is 4.79 Å². The topological polar surface area (TPSA) is 49.3 Å². The van der Waals surface area contributed by atoms with Crippen LogP contribution in [0, 0.1) is 17.3 Å². The van der Waals surface area contributed by atoms with Crippen LogP contribution in [0.3, 0.4) is 0 Å². The molecule has 2 unspecified atom stereocenters. The van der Waals surface area contributed by atoms with Crippen molar-refractivity contribution >= 4 is 11.6 Å². The van der Waals surface area contributed by atoms with E-state index in [2.05, 4.69) is 25.2 Å². The number of phenolic OH excluding ortho intramolecular Hbond substituents is 1. The molecule has 3 nitrogen and oxygen atoms in total. The first-order valence-corrected chi connectivity index (χ1v) is 6.58. The maximum Gasteiger partial charge on any atom is 0.228 e. The van der Waals surface area contributed by atoms with Crippen molar-refractivity contribution in [1.29, 1.82) is 0 Å². The summed E-state index contributed by atoms with van der Waals surface area (Å²) in [5.74, 6) is 0.340. The summed E-state index contributed by atoms with van der Waals surface area (Å²) in [5.41, 5.74) is 1.70. The molecule has 1 amide bonds. The number of phenols is 1. The van der Waals surface area contributed by atoms with Crippen LogP contribution < -0.4 is 5.32 Å². The summed E-state index contributed by atoms with van der Waals surface area (Å²) in [7, 11) is 0. The number of para-hydroxylation sites is 2. The van der Waals surface area contributed by atoms with Gasteiger partial charge in [-0.25, -0.2) is 0 Å². The van der Waals surface area contributed by atoms with Crippen molar-refractivity contribution in [2.45, 2.75) is 27.7 Å². The van der Waals surface area contributed by atoms with Gasteiger partial charge in [-0.2, -0.15) is 0 Å². The lowest BCUT2D eigenvalue weighted by molar-refractivity contribution is -0.118. The molecule has 2 atom stereocenters. The van der Waals surface area contributed by atoms with Crippen molar-refractivity contribution in [2.24, 2.45) is 17.3 Å². The lowest BCUT2D eigenvalue weighted by Gasteiger charge is -2.07. The number of aromatic hydroxyl groups is 1. The molecule has 0 aliphatic heterocycles. The lowest BCUT2D eigenvalue weighted by Crippen LogP contribution is -2.16. The van der Waals surface area contributed by atoms with E-state index in [0.29, 0.717) is 5.69 Å². The highest BCUT2D eigenvalue weighted by Gasteiger charge is 2.60. The van der Waals surface area contributed by atoms with Crippen LogP contribution in [-0.4, -0.2) is 11.0 Å². The van der Waals surface area contributed by atoms with Crippen LogP contribution in [0.15, 0.2) is 35.9 Å². The number of amides is 1. The van der Waals surface area contributed by atoms with E-state index in [1.807, 2.05) is 13.8 Å². The zero-order chi connectivity index (χ0) is 14.2. The Labute approximate surface area is 114 Å². The number of rotatable bonds is 3. The van der Waals surface area contributed by atoms with E-state index in [1.165, 1.54) is 5.57 Å². The number of benzene rings is 1. The molecule has 1 aliphatic carbocycles. The Morgan fingerprint density at radius 3 is 2.53 bits per heavy atom.